The highest BCUT2D eigenvalue weighted by Crippen LogP contribution is 2.39. The van der Waals surface area contributed by atoms with E-state index in [1.165, 1.54) is 7.11 Å². The summed E-state index contributed by atoms with van der Waals surface area (Å²) in [5, 5.41) is 2.90. The predicted octanol–water partition coefficient (Wildman–Crippen LogP) is 2.32. The number of hydrogen-bond acceptors (Lipinski definition) is 4. The van der Waals surface area contributed by atoms with Gasteiger partial charge in [0, 0.05) is 0 Å². The number of esters is 1. The van der Waals surface area contributed by atoms with Gasteiger partial charge >= 0.3 is 5.97 Å². The smallest absolute Gasteiger partial charge is 0.310 e. The molecular formula is C15H29NO4Si. The minimum Gasteiger partial charge on any atom is -0.469 e. The number of ether oxygens (including phenoxy) is 1. The second kappa shape index (κ2) is 6.08. The third kappa shape index (κ3) is 3.66. The summed E-state index contributed by atoms with van der Waals surface area (Å²) in [4.78, 5) is 23.6. The van der Waals surface area contributed by atoms with E-state index in [9.17, 15) is 9.59 Å². The van der Waals surface area contributed by atoms with Crippen LogP contribution < -0.4 is 5.32 Å². The molecule has 0 aromatic rings. The highest BCUT2D eigenvalue weighted by Gasteiger charge is 2.50. The van der Waals surface area contributed by atoms with E-state index in [0.29, 0.717) is 0 Å². The van der Waals surface area contributed by atoms with E-state index >= 15 is 0 Å². The highest BCUT2D eigenvalue weighted by atomic mass is 28.4. The maximum absolute atomic E-state index is 11.9. The average Bonchev–Trinajstić information content (AvgIpc) is 2.31. The molecule has 0 spiro atoms. The lowest BCUT2D eigenvalue weighted by Crippen LogP contribution is -2.66. The van der Waals surface area contributed by atoms with Crippen molar-refractivity contribution < 1.29 is 18.8 Å². The van der Waals surface area contributed by atoms with Gasteiger partial charge in [0.1, 0.15) is 0 Å². The van der Waals surface area contributed by atoms with Crippen molar-refractivity contribution in [2.24, 2.45) is 11.8 Å². The van der Waals surface area contributed by atoms with Crippen LogP contribution in [-0.4, -0.2) is 39.4 Å². The molecule has 0 unspecified atom stereocenters. The molecule has 5 nitrogen and oxygen atoms in total. The van der Waals surface area contributed by atoms with Crippen LogP contribution in [0.2, 0.25) is 18.1 Å². The van der Waals surface area contributed by atoms with E-state index < -0.39 is 8.32 Å². The van der Waals surface area contributed by atoms with Crippen molar-refractivity contribution in [3.63, 3.8) is 0 Å². The van der Waals surface area contributed by atoms with Gasteiger partial charge in [0.2, 0.25) is 5.91 Å². The Morgan fingerprint density at radius 2 is 1.81 bits per heavy atom. The first-order valence-corrected chi connectivity index (χ1v) is 10.4. The highest BCUT2D eigenvalue weighted by molar-refractivity contribution is 6.74. The summed E-state index contributed by atoms with van der Waals surface area (Å²) in [6.07, 6.45) is -0.197. The van der Waals surface area contributed by atoms with Crippen LogP contribution in [0.3, 0.4) is 0 Å². The van der Waals surface area contributed by atoms with E-state index in [1.807, 2.05) is 6.92 Å². The molecule has 1 amide bonds. The molecule has 1 fully saturated rings. The maximum atomic E-state index is 11.9. The number of methoxy groups -OCH3 is 1. The van der Waals surface area contributed by atoms with Gasteiger partial charge in [-0.15, -0.1) is 0 Å². The molecule has 1 saturated heterocycles. The fraction of sp³-hybridized carbons (Fsp3) is 0.867. The SMILES string of the molecule is COC(=O)[C@H](C)[C@@H]1NC(=O)[C@@H]1[C@@H](C)O[Si](C)(C)C(C)(C)C. The van der Waals surface area contributed by atoms with Crippen LogP contribution in [0.5, 0.6) is 0 Å². The molecule has 0 aliphatic carbocycles. The van der Waals surface area contributed by atoms with Crippen LogP contribution in [0.1, 0.15) is 34.6 Å². The van der Waals surface area contributed by atoms with E-state index in [0.717, 1.165) is 0 Å². The maximum Gasteiger partial charge on any atom is 0.310 e. The third-order valence-corrected chi connectivity index (χ3v) is 9.48. The van der Waals surface area contributed by atoms with Crippen molar-refractivity contribution in [2.75, 3.05) is 7.11 Å². The quantitative estimate of drug-likeness (QED) is 0.480. The average molecular weight is 315 g/mol. The monoisotopic (exact) mass is 315 g/mol. The largest absolute Gasteiger partial charge is 0.469 e. The molecule has 0 bridgehead atoms. The lowest BCUT2D eigenvalue weighted by Gasteiger charge is -2.46. The van der Waals surface area contributed by atoms with Crippen LogP contribution in [0.4, 0.5) is 0 Å². The molecule has 0 aromatic heterocycles. The van der Waals surface area contributed by atoms with Crippen molar-refractivity contribution in [2.45, 2.75) is 64.9 Å². The van der Waals surface area contributed by atoms with Gasteiger partial charge in [0.25, 0.3) is 0 Å². The molecule has 21 heavy (non-hydrogen) atoms. The van der Waals surface area contributed by atoms with Gasteiger partial charge < -0.3 is 14.5 Å². The van der Waals surface area contributed by atoms with Gasteiger partial charge in [-0.05, 0) is 32.0 Å². The first-order chi connectivity index (χ1) is 9.42. The zero-order chi connectivity index (χ0) is 16.6. The van der Waals surface area contributed by atoms with E-state index in [1.54, 1.807) is 6.92 Å². The van der Waals surface area contributed by atoms with Gasteiger partial charge in [-0.25, -0.2) is 0 Å². The molecule has 0 saturated carbocycles. The minimum atomic E-state index is -1.94. The van der Waals surface area contributed by atoms with Crippen LogP contribution in [-0.2, 0) is 18.8 Å². The summed E-state index contributed by atoms with van der Waals surface area (Å²) in [5.74, 6) is -0.983. The van der Waals surface area contributed by atoms with Crippen molar-refractivity contribution >= 4 is 20.2 Å². The number of amides is 1. The number of carbonyl (C=O) groups is 2. The predicted molar refractivity (Wildman–Crippen MR) is 84.3 cm³/mol. The topological polar surface area (TPSA) is 64.6 Å². The molecular weight excluding hydrogens is 286 g/mol. The lowest BCUT2D eigenvalue weighted by molar-refractivity contribution is -0.153. The molecule has 0 aromatic carbocycles. The summed E-state index contributed by atoms with van der Waals surface area (Å²) in [7, 11) is -0.574. The van der Waals surface area contributed by atoms with Crippen LogP contribution in [0, 0.1) is 11.8 Å². The van der Waals surface area contributed by atoms with Gasteiger partial charge in [-0.3, -0.25) is 9.59 Å². The van der Waals surface area contributed by atoms with E-state index in [-0.39, 0.29) is 40.9 Å². The molecule has 1 aliphatic heterocycles. The number of β-lactam (4-membered cyclic amide) rings is 1. The third-order valence-electron chi connectivity index (χ3n) is 4.90. The Morgan fingerprint density at radius 1 is 1.29 bits per heavy atom. The Hall–Kier alpha value is -0.883. The molecule has 1 heterocycles. The van der Waals surface area contributed by atoms with Crippen molar-refractivity contribution in [1.29, 1.82) is 0 Å². The first-order valence-electron chi connectivity index (χ1n) is 7.48. The number of hydrogen-bond donors (Lipinski definition) is 1. The Kier molecular flexibility index (Phi) is 5.26. The normalized spacial score (nSPS) is 25.6. The Bertz CT molecular complexity index is 416. The molecule has 0 radical (unpaired) electrons. The Morgan fingerprint density at radius 3 is 2.19 bits per heavy atom. The minimum absolute atomic E-state index is 0.0398. The number of rotatable bonds is 5. The molecule has 1 N–H and O–H groups in total. The first kappa shape index (κ1) is 18.2. The Balaban J connectivity index is 2.79. The van der Waals surface area contributed by atoms with Crippen LogP contribution in [0.15, 0.2) is 0 Å². The summed E-state index contributed by atoms with van der Waals surface area (Å²) >= 11 is 0. The summed E-state index contributed by atoms with van der Waals surface area (Å²) in [6, 6.07) is -0.204. The second-order valence-electron chi connectivity index (χ2n) is 7.46. The summed E-state index contributed by atoms with van der Waals surface area (Å²) in [6.45, 7) is 14.5. The van der Waals surface area contributed by atoms with Crippen molar-refractivity contribution in [3.05, 3.63) is 0 Å². The van der Waals surface area contributed by atoms with E-state index in [2.05, 4.69) is 39.2 Å². The van der Waals surface area contributed by atoms with E-state index in [4.69, 9.17) is 9.16 Å². The zero-order valence-electron chi connectivity index (χ0n) is 14.4. The van der Waals surface area contributed by atoms with Crippen LogP contribution in [0.25, 0.3) is 0 Å². The van der Waals surface area contributed by atoms with Crippen LogP contribution >= 0.6 is 0 Å². The Labute approximate surface area is 128 Å². The van der Waals surface area contributed by atoms with Crippen molar-refractivity contribution in [1.82, 2.24) is 5.32 Å². The molecule has 1 rings (SSSR count). The molecule has 1 aliphatic rings. The van der Waals surface area contributed by atoms with Gasteiger partial charge in [-0.1, -0.05) is 20.8 Å². The molecule has 6 heteroatoms. The van der Waals surface area contributed by atoms with Gasteiger partial charge in [0.05, 0.1) is 31.1 Å². The fourth-order valence-corrected chi connectivity index (χ4v) is 3.84. The second-order valence-corrected chi connectivity index (χ2v) is 12.2. The van der Waals surface area contributed by atoms with Crippen molar-refractivity contribution in [3.8, 4) is 0 Å². The lowest BCUT2D eigenvalue weighted by atomic mass is 9.79. The molecule has 122 valence electrons. The van der Waals surface area contributed by atoms with Gasteiger partial charge in [0.15, 0.2) is 8.32 Å². The number of carbonyl (C=O) groups excluding carboxylic acids is 2. The fourth-order valence-electron chi connectivity index (χ4n) is 2.41. The molecule has 4 atom stereocenters. The summed E-state index contributed by atoms with van der Waals surface area (Å²) < 4.78 is 11.1. The van der Waals surface area contributed by atoms with Gasteiger partial charge in [-0.2, -0.15) is 0 Å². The standard InChI is InChI=1S/C15H29NO4Si/c1-9(14(18)19-6)12-11(13(17)16-12)10(2)20-21(7,8)15(3,4)5/h9-12H,1-8H3,(H,16,17)/t9-,10-,11-,12+/m1/s1. The number of nitrogens with one attached hydrogen (secondary N) is 1. The zero-order valence-corrected chi connectivity index (χ0v) is 15.4. The summed E-state index contributed by atoms with van der Waals surface area (Å²) in [5.41, 5.74) is 0.